The summed E-state index contributed by atoms with van der Waals surface area (Å²) in [5, 5.41) is 4.28. The van der Waals surface area contributed by atoms with E-state index in [0.717, 1.165) is 48.7 Å². The molecule has 132 valence electrons. The Morgan fingerprint density at radius 2 is 1.92 bits per heavy atom. The van der Waals surface area contributed by atoms with Crippen molar-refractivity contribution in [1.29, 1.82) is 0 Å². The maximum absolute atomic E-state index is 12.4. The molecule has 1 amide bonds. The minimum absolute atomic E-state index is 0.0875. The molecule has 1 N–H and O–H groups in total. The lowest BCUT2D eigenvalue weighted by atomic mass is 10.2. The van der Waals surface area contributed by atoms with Gasteiger partial charge in [-0.25, -0.2) is 9.97 Å². The smallest absolute Gasteiger partial charge is 0.234 e. The van der Waals surface area contributed by atoms with Crippen molar-refractivity contribution in [3.8, 4) is 0 Å². The number of aryl methyl sites for hydroxylation is 2. The summed E-state index contributed by atoms with van der Waals surface area (Å²) in [5.74, 6) is 0.171. The zero-order valence-corrected chi connectivity index (χ0v) is 16.0. The van der Waals surface area contributed by atoms with Gasteiger partial charge in [-0.3, -0.25) is 4.79 Å². The molecule has 0 spiro atoms. The van der Waals surface area contributed by atoms with Gasteiger partial charge in [-0.15, -0.1) is 0 Å². The monoisotopic (exact) mass is 376 g/mol. The second-order valence-electron chi connectivity index (χ2n) is 6.10. The lowest BCUT2D eigenvalue weighted by Gasteiger charge is -2.22. The van der Waals surface area contributed by atoms with Crippen LogP contribution < -0.4 is 10.2 Å². The number of thioether (sulfide) groups is 1. The molecule has 1 fully saturated rings. The third-order valence-electron chi connectivity index (χ3n) is 3.98. The van der Waals surface area contributed by atoms with Gasteiger partial charge in [-0.05, 0) is 44.9 Å². The number of carbonyl (C=O) groups is 1. The zero-order valence-electron chi connectivity index (χ0n) is 14.4. The van der Waals surface area contributed by atoms with Crippen LogP contribution in [0.15, 0.2) is 29.4 Å². The van der Waals surface area contributed by atoms with Crippen molar-refractivity contribution in [3.05, 3.63) is 40.7 Å². The highest BCUT2D eigenvalue weighted by Crippen LogP contribution is 2.36. The first-order valence-corrected chi connectivity index (χ1v) is 9.67. The van der Waals surface area contributed by atoms with Crippen LogP contribution in [-0.2, 0) is 4.79 Å². The van der Waals surface area contributed by atoms with Gasteiger partial charge in [0.25, 0.3) is 0 Å². The van der Waals surface area contributed by atoms with E-state index in [9.17, 15) is 4.79 Å². The molecule has 3 rings (SSSR count). The molecule has 0 radical (unpaired) electrons. The van der Waals surface area contributed by atoms with Crippen molar-refractivity contribution in [2.75, 3.05) is 29.1 Å². The third kappa shape index (κ3) is 4.64. The molecule has 0 bridgehead atoms. The van der Waals surface area contributed by atoms with E-state index in [1.54, 1.807) is 0 Å². The molecule has 1 aliphatic heterocycles. The molecule has 0 atom stereocenters. The first-order valence-electron chi connectivity index (χ1n) is 8.31. The van der Waals surface area contributed by atoms with E-state index in [4.69, 9.17) is 11.6 Å². The summed E-state index contributed by atoms with van der Waals surface area (Å²) < 4.78 is 0. The molecule has 0 saturated carbocycles. The van der Waals surface area contributed by atoms with E-state index in [-0.39, 0.29) is 11.7 Å². The Kier molecular flexibility index (Phi) is 5.81. The molecular weight excluding hydrogens is 356 g/mol. The Hall–Kier alpha value is -1.79. The van der Waals surface area contributed by atoms with Crippen molar-refractivity contribution >= 4 is 40.6 Å². The first-order chi connectivity index (χ1) is 12.0. The van der Waals surface area contributed by atoms with Crippen molar-refractivity contribution < 1.29 is 4.79 Å². The summed E-state index contributed by atoms with van der Waals surface area (Å²) in [7, 11) is 0. The van der Waals surface area contributed by atoms with Crippen molar-refractivity contribution in [1.82, 2.24) is 9.97 Å². The largest absolute Gasteiger partial charge is 0.369 e. The number of para-hydroxylation sites is 1. The van der Waals surface area contributed by atoms with E-state index in [0.29, 0.717) is 10.2 Å². The second-order valence-corrected chi connectivity index (χ2v) is 7.45. The number of aromatic nitrogens is 2. The molecule has 1 aliphatic rings. The third-order valence-corrected chi connectivity index (χ3v) is 5.13. The van der Waals surface area contributed by atoms with E-state index in [1.165, 1.54) is 11.8 Å². The Morgan fingerprint density at radius 1 is 1.24 bits per heavy atom. The van der Waals surface area contributed by atoms with E-state index >= 15 is 0 Å². The van der Waals surface area contributed by atoms with Crippen LogP contribution in [0, 0.1) is 13.8 Å². The molecule has 1 aromatic heterocycles. The second kappa shape index (κ2) is 8.06. The lowest BCUT2D eigenvalue weighted by molar-refractivity contribution is -0.113. The standard InChI is InChI=1S/C18H21ClN4OS/c1-12-10-13(2)21-18(20-12)25-11-16(24)22-15-7-5-6-14(19)17(15)23-8-3-4-9-23/h5-7,10H,3-4,8-9,11H2,1-2H3,(H,22,24). The predicted octanol–water partition coefficient (Wildman–Crippen LogP) is 4.08. The minimum Gasteiger partial charge on any atom is -0.369 e. The Labute approximate surface area is 157 Å². The quantitative estimate of drug-likeness (QED) is 0.629. The lowest BCUT2D eigenvalue weighted by Crippen LogP contribution is -2.22. The fraction of sp³-hybridized carbons (Fsp3) is 0.389. The van der Waals surface area contributed by atoms with Crippen LogP contribution in [0.5, 0.6) is 0 Å². The number of hydrogen-bond acceptors (Lipinski definition) is 5. The number of hydrogen-bond donors (Lipinski definition) is 1. The molecule has 7 heteroatoms. The Morgan fingerprint density at radius 3 is 2.60 bits per heavy atom. The van der Waals surface area contributed by atoms with Gasteiger partial charge < -0.3 is 10.2 Å². The summed E-state index contributed by atoms with van der Waals surface area (Å²) in [6.07, 6.45) is 2.30. The van der Waals surface area contributed by atoms with Gasteiger partial charge >= 0.3 is 0 Å². The molecule has 1 aromatic carbocycles. The maximum Gasteiger partial charge on any atom is 0.234 e. The molecule has 0 unspecified atom stereocenters. The number of nitrogens with one attached hydrogen (secondary N) is 1. The number of carbonyl (C=O) groups excluding carboxylic acids is 1. The summed E-state index contributed by atoms with van der Waals surface area (Å²) in [4.78, 5) is 23.3. The van der Waals surface area contributed by atoms with E-state index in [2.05, 4.69) is 20.2 Å². The summed E-state index contributed by atoms with van der Waals surface area (Å²) in [5.41, 5.74) is 3.49. The fourth-order valence-electron chi connectivity index (χ4n) is 2.95. The number of anilines is 2. The highest BCUT2D eigenvalue weighted by Gasteiger charge is 2.19. The van der Waals surface area contributed by atoms with E-state index in [1.807, 2.05) is 38.1 Å². The fourth-order valence-corrected chi connectivity index (χ4v) is 4.00. The van der Waals surface area contributed by atoms with Crippen LogP contribution in [0.25, 0.3) is 0 Å². The van der Waals surface area contributed by atoms with Crippen LogP contribution in [0.4, 0.5) is 11.4 Å². The average molecular weight is 377 g/mol. The van der Waals surface area contributed by atoms with Crippen LogP contribution in [0.3, 0.4) is 0 Å². The predicted molar refractivity (Wildman–Crippen MR) is 104 cm³/mol. The Balaban J connectivity index is 1.67. The molecule has 5 nitrogen and oxygen atoms in total. The number of rotatable bonds is 5. The minimum atomic E-state index is -0.0875. The van der Waals surface area contributed by atoms with Crippen LogP contribution >= 0.6 is 23.4 Å². The summed E-state index contributed by atoms with van der Waals surface area (Å²) >= 11 is 7.72. The molecule has 1 saturated heterocycles. The summed E-state index contributed by atoms with van der Waals surface area (Å²) in [6, 6.07) is 7.54. The Bertz CT molecular complexity index is 757. The van der Waals surface area contributed by atoms with Gasteiger partial charge in [-0.1, -0.05) is 29.4 Å². The van der Waals surface area contributed by atoms with Crippen molar-refractivity contribution in [2.45, 2.75) is 31.8 Å². The van der Waals surface area contributed by atoms with Gasteiger partial charge in [0, 0.05) is 24.5 Å². The topological polar surface area (TPSA) is 58.1 Å². The highest BCUT2D eigenvalue weighted by atomic mass is 35.5. The number of nitrogens with zero attached hydrogens (tertiary/aromatic N) is 3. The number of amides is 1. The van der Waals surface area contributed by atoms with Crippen LogP contribution in [0.2, 0.25) is 5.02 Å². The molecular formula is C18H21ClN4OS. The first kappa shape index (κ1) is 18.0. The van der Waals surface area contributed by atoms with Crippen LogP contribution in [0.1, 0.15) is 24.2 Å². The van der Waals surface area contributed by atoms with Crippen molar-refractivity contribution in [2.24, 2.45) is 0 Å². The van der Waals surface area contributed by atoms with Gasteiger partial charge in [0.1, 0.15) is 0 Å². The molecule has 2 heterocycles. The van der Waals surface area contributed by atoms with Gasteiger partial charge in [0.2, 0.25) is 5.91 Å². The number of halogens is 1. The molecule has 2 aromatic rings. The highest BCUT2D eigenvalue weighted by molar-refractivity contribution is 7.99. The van der Waals surface area contributed by atoms with E-state index < -0.39 is 0 Å². The normalized spacial score (nSPS) is 14.0. The van der Waals surface area contributed by atoms with Gasteiger partial charge in [0.05, 0.1) is 22.2 Å². The number of benzene rings is 1. The average Bonchev–Trinajstić information content (AvgIpc) is 3.06. The van der Waals surface area contributed by atoms with Gasteiger partial charge in [-0.2, -0.15) is 0 Å². The maximum atomic E-state index is 12.4. The van der Waals surface area contributed by atoms with Crippen molar-refractivity contribution in [3.63, 3.8) is 0 Å². The summed E-state index contributed by atoms with van der Waals surface area (Å²) in [6.45, 7) is 5.79. The SMILES string of the molecule is Cc1cc(C)nc(SCC(=O)Nc2cccc(Cl)c2N2CCCC2)n1. The zero-order chi connectivity index (χ0) is 17.8. The van der Waals surface area contributed by atoms with Crippen LogP contribution in [-0.4, -0.2) is 34.7 Å². The molecule has 25 heavy (non-hydrogen) atoms. The molecule has 0 aliphatic carbocycles. The van der Waals surface area contributed by atoms with Gasteiger partial charge in [0.15, 0.2) is 5.16 Å².